The molecule has 22 heavy (non-hydrogen) atoms. The highest BCUT2D eigenvalue weighted by Crippen LogP contribution is 2.69. The number of rotatable bonds is 0. The number of alkyl halides is 1. The zero-order valence-electron chi connectivity index (χ0n) is 13.9. The molecule has 0 amide bonds. The van der Waals surface area contributed by atoms with Crippen LogP contribution in [-0.4, -0.2) is 20.4 Å². The molecule has 7 atom stereocenters. The molecule has 4 aliphatic carbocycles. The molecule has 1 N–H and O–H groups in total. The second kappa shape index (κ2) is 4.93. The van der Waals surface area contributed by atoms with Crippen LogP contribution in [-0.2, 0) is 4.79 Å². The summed E-state index contributed by atoms with van der Waals surface area (Å²) < 4.78 is 0.324. The van der Waals surface area contributed by atoms with Crippen LogP contribution in [0.3, 0.4) is 0 Å². The van der Waals surface area contributed by atoms with Crippen molar-refractivity contribution in [3.8, 4) is 0 Å². The number of carbonyl (C=O) groups excluding carboxylic acids is 1. The van der Waals surface area contributed by atoms with Gasteiger partial charge in [0.2, 0.25) is 0 Å². The third-order valence-electron chi connectivity index (χ3n) is 8.35. The maximum absolute atomic E-state index is 12.5. The minimum atomic E-state index is -0.0679. The van der Waals surface area contributed by atoms with Crippen molar-refractivity contribution in [1.82, 2.24) is 0 Å². The Kier molecular flexibility index (Phi) is 3.56. The Morgan fingerprint density at radius 2 is 1.82 bits per heavy atom. The van der Waals surface area contributed by atoms with Crippen molar-refractivity contribution < 1.29 is 9.90 Å². The summed E-state index contributed by atoms with van der Waals surface area (Å²) in [6.07, 6.45) is 9.91. The van der Waals surface area contributed by atoms with Crippen LogP contribution in [0.1, 0.15) is 71.6 Å². The minimum Gasteiger partial charge on any atom is -0.393 e. The van der Waals surface area contributed by atoms with Gasteiger partial charge in [-0.15, -0.1) is 0 Å². The van der Waals surface area contributed by atoms with Crippen LogP contribution < -0.4 is 0 Å². The highest BCUT2D eigenvalue weighted by molar-refractivity contribution is 14.1. The number of carbonyl (C=O) groups is 1. The van der Waals surface area contributed by atoms with E-state index in [0.29, 0.717) is 26.5 Å². The summed E-state index contributed by atoms with van der Waals surface area (Å²) in [5, 5.41) is 10.1. The number of halogens is 1. The van der Waals surface area contributed by atoms with Crippen molar-refractivity contribution in [3.63, 3.8) is 0 Å². The van der Waals surface area contributed by atoms with Crippen molar-refractivity contribution in [2.24, 2.45) is 28.6 Å². The molecule has 0 aliphatic heterocycles. The van der Waals surface area contributed by atoms with E-state index in [2.05, 4.69) is 36.4 Å². The second-order valence-electron chi connectivity index (χ2n) is 9.12. The summed E-state index contributed by atoms with van der Waals surface area (Å²) in [4.78, 5) is 12.5. The Labute approximate surface area is 148 Å². The molecule has 0 aromatic carbocycles. The molecule has 124 valence electrons. The molecule has 4 saturated carbocycles. The fraction of sp³-hybridized carbons (Fsp3) is 0.947. The number of aliphatic hydroxyl groups excluding tert-OH is 1. The van der Waals surface area contributed by atoms with Crippen molar-refractivity contribution in [2.75, 3.05) is 0 Å². The largest absolute Gasteiger partial charge is 0.393 e. The zero-order valence-corrected chi connectivity index (χ0v) is 16.1. The van der Waals surface area contributed by atoms with Crippen LogP contribution in [0.25, 0.3) is 0 Å². The number of fused-ring (bicyclic) bond motifs is 5. The minimum absolute atomic E-state index is 0.0327. The lowest BCUT2D eigenvalue weighted by molar-refractivity contribution is -0.135. The lowest BCUT2D eigenvalue weighted by atomic mass is 9.45. The average Bonchev–Trinajstić information content (AvgIpc) is 2.77. The molecule has 0 spiro atoms. The molecule has 0 aromatic heterocycles. The van der Waals surface area contributed by atoms with Gasteiger partial charge < -0.3 is 5.11 Å². The molecule has 0 aromatic rings. The Hall–Kier alpha value is 0.360. The number of hydrogen-bond donors (Lipinski definition) is 1. The average molecular weight is 416 g/mol. The fourth-order valence-electron chi connectivity index (χ4n) is 7.01. The maximum Gasteiger partial charge on any atom is 0.139 e. The van der Waals surface area contributed by atoms with E-state index in [9.17, 15) is 9.90 Å². The van der Waals surface area contributed by atoms with E-state index in [4.69, 9.17) is 0 Å². The van der Waals surface area contributed by atoms with E-state index in [1.165, 1.54) is 25.7 Å². The van der Waals surface area contributed by atoms with Crippen molar-refractivity contribution in [3.05, 3.63) is 0 Å². The van der Waals surface area contributed by atoms with Gasteiger partial charge >= 0.3 is 0 Å². The van der Waals surface area contributed by atoms with Gasteiger partial charge in [-0.05, 0) is 74.5 Å². The SMILES string of the molecule is CC12CCC3C4(C)CCC(O)CC4CCC3(I)C1CCC2=O. The summed E-state index contributed by atoms with van der Waals surface area (Å²) in [6, 6.07) is 0. The number of hydrogen-bond acceptors (Lipinski definition) is 2. The van der Waals surface area contributed by atoms with E-state index < -0.39 is 0 Å². The quantitative estimate of drug-likeness (QED) is 0.466. The Bertz CT molecular complexity index is 506. The predicted octanol–water partition coefficient (Wildman–Crippen LogP) is 4.52. The van der Waals surface area contributed by atoms with Gasteiger partial charge in [0, 0.05) is 15.3 Å². The molecule has 0 saturated heterocycles. The fourth-order valence-corrected chi connectivity index (χ4v) is 9.34. The van der Waals surface area contributed by atoms with Gasteiger partial charge in [-0.25, -0.2) is 0 Å². The monoisotopic (exact) mass is 416 g/mol. The lowest BCUT2D eigenvalue weighted by Gasteiger charge is -2.64. The molecule has 7 unspecified atom stereocenters. The van der Waals surface area contributed by atoms with Gasteiger partial charge in [0.25, 0.3) is 0 Å². The van der Waals surface area contributed by atoms with E-state index in [-0.39, 0.29) is 11.5 Å². The second-order valence-corrected chi connectivity index (χ2v) is 11.1. The first-order valence-electron chi connectivity index (χ1n) is 9.21. The summed E-state index contributed by atoms with van der Waals surface area (Å²) in [7, 11) is 0. The van der Waals surface area contributed by atoms with E-state index >= 15 is 0 Å². The molecular formula is C19H29IO2. The number of Topliss-reactive ketones (excluding diaryl/α,β-unsaturated/α-hetero) is 1. The normalized spacial score (nSPS) is 57.9. The summed E-state index contributed by atoms with van der Waals surface area (Å²) in [5.41, 5.74) is 0.362. The molecule has 4 rings (SSSR count). The number of ketones is 1. The molecule has 3 heteroatoms. The Morgan fingerprint density at radius 3 is 2.59 bits per heavy atom. The third-order valence-corrected chi connectivity index (χ3v) is 10.4. The van der Waals surface area contributed by atoms with Gasteiger partial charge in [0.05, 0.1) is 6.10 Å². The first-order valence-corrected chi connectivity index (χ1v) is 10.3. The van der Waals surface area contributed by atoms with Gasteiger partial charge in [0.15, 0.2) is 0 Å². The number of aliphatic hydroxyl groups is 1. The molecule has 0 radical (unpaired) electrons. The maximum atomic E-state index is 12.5. The summed E-state index contributed by atoms with van der Waals surface area (Å²) >= 11 is 2.79. The van der Waals surface area contributed by atoms with Crippen molar-refractivity contribution in [1.29, 1.82) is 0 Å². The summed E-state index contributed by atoms with van der Waals surface area (Å²) in [6.45, 7) is 4.78. The molecule has 4 aliphatic rings. The highest BCUT2D eigenvalue weighted by atomic mass is 127. The van der Waals surface area contributed by atoms with Gasteiger partial charge in [0.1, 0.15) is 5.78 Å². The molecule has 4 fully saturated rings. The molecule has 2 nitrogen and oxygen atoms in total. The van der Waals surface area contributed by atoms with Crippen LogP contribution in [0.4, 0.5) is 0 Å². The molecule has 0 heterocycles. The summed E-state index contributed by atoms with van der Waals surface area (Å²) in [5.74, 6) is 2.58. The van der Waals surface area contributed by atoms with Crippen molar-refractivity contribution >= 4 is 28.4 Å². The van der Waals surface area contributed by atoms with Gasteiger partial charge in [-0.2, -0.15) is 0 Å². The predicted molar refractivity (Wildman–Crippen MR) is 96.0 cm³/mol. The highest BCUT2D eigenvalue weighted by Gasteiger charge is 2.66. The van der Waals surface area contributed by atoms with Crippen LogP contribution in [0, 0.1) is 28.6 Å². The van der Waals surface area contributed by atoms with Gasteiger partial charge in [-0.3, -0.25) is 4.79 Å². The Morgan fingerprint density at radius 1 is 1.05 bits per heavy atom. The zero-order chi connectivity index (χ0) is 15.8. The van der Waals surface area contributed by atoms with Crippen LogP contribution in [0.5, 0.6) is 0 Å². The first kappa shape index (κ1) is 15.9. The third kappa shape index (κ3) is 1.90. The van der Waals surface area contributed by atoms with Crippen LogP contribution >= 0.6 is 22.6 Å². The smallest absolute Gasteiger partial charge is 0.139 e. The van der Waals surface area contributed by atoms with Gasteiger partial charge in [-0.1, -0.05) is 36.4 Å². The van der Waals surface area contributed by atoms with E-state index in [1.54, 1.807) is 0 Å². The van der Waals surface area contributed by atoms with E-state index in [1.807, 2.05) is 0 Å². The van der Waals surface area contributed by atoms with Crippen molar-refractivity contribution in [2.45, 2.75) is 81.2 Å². The molecular weight excluding hydrogens is 387 g/mol. The Balaban J connectivity index is 1.71. The van der Waals surface area contributed by atoms with E-state index in [0.717, 1.165) is 38.0 Å². The standard InChI is InChI=1S/C19H29IO2/c1-17-8-6-13(21)11-12(17)5-10-19(20)14-3-4-16(22)18(14,2)9-7-15(17)19/h12-15,21H,3-11H2,1-2H3. The van der Waals surface area contributed by atoms with Crippen LogP contribution in [0.15, 0.2) is 0 Å². The lowest BCUT2D eigenvalue weighted by Crippen LogP contribution is -2.61. The first-order chi connectivity index (χ1) is 10.3. The topological polar surface area (TPSA) is 37.3 Å². The van der Waals surface area contributed by atoms with Crippen LogP contribution in [0.2, 0.25) is 0 Å². The molecule has 0 bridgehead atoms.